The molecule has 0 unspecified atom stereocenters. The number of hydrogen-bond donors (Lipinski definition) is 1. The van der Waals surface area contributed by atoms with Crippen molar-refractivity contribution < 1.29 is 33.4 Å². The van der Waals surface area contributed by atoms with Gasteiger partial charge in [0.2, 0.25) is 17.7 Å². The van der Waals surface area contributed by atoms with Crippen LogP contribution in [0.5, 0.6) is 0 Å². The van der Waals surface area contributed by atoms with Gasteiger partial charge in [-0.25, -0.2) is 0 Å². The Morgan fingerprint density at radius 3 is 2.63 bits per heavy atom. The third-order valence-corrected chi connectivity index (χ3v) is 9.86. The molecule has 2 saturated heterocycles. The SMILES string of the molecule is COC(=O)[C@]12C[C@H](CC(=O)NCCCN3CCCC3=O)C(=O)N(CCC3=CCCCC3)C1=C[C@H](COCc1ccccc1)O[C@@H]2C. The van der Waals surface area contributed by atoms with Crippen LogP contribution in [0.15, 0.2) is 53.8 Å². The number of ether oxygens (including phenoxy) is 3. The van der Waals surface area contributed by atoms with Gasteiger partial charge in [-0.1, -0.05) is 42.0 Å². The van der Waals surface area contributed by atoms with Crippen LogP contribution in [-0.4, -0.2) is 85.6 Å². The van der Waals surface area contributed by atoms with Gasteiger partial charge >= 0.3 is 5.97 Å². The van der Waals surface area contributed by atoms with Crippen molar-refractivity contribution in [3.05, 3.63) is 59.3 Å². The highest BCUT2D eigenvalue weighted by molar-refractivity contribution is 5.92. The number of likely N-dealkylation sites (tertiary alicyclic amines) is 2. The number of carbonyl (C=O) groups excluding carboxylic acids is 4. The summed E-state index contributed by atoms with van der Waals surface area (Å²) >= 11 is 0. The van der Waals surface area contributed by atoms with Gasteiger partial charge in [0.15, 0.2) is 0 Å². The van der Waals surface area contributed by atoms with E-state index in [0.29, 0.717) is 51.2 Å². The van der Waals surface area contributed by atoms with E-state index in [1.165, 1.54) is 19.1 Å². The molecule has 4 atom stereocenters. The number of nitrogens with one attached hydrogen (secondary N) is 1. The third kappa shape index (κ3) is 7.89. The van der Waals surface area contributed by atoms with Crippen LogP contribution in [-0.2, 0) is 40.0 Å². The normalized spacial score (nSPS) is 26.3. The molecule has 5 rings (SSSR count). The molecule has 0 spiro atoms. The summed E-state index contributed by atoms with van der Waals surface area (Å²) in [5, 5.41) is 2.94. The molecule has 10 heteroatoms. The minimum atomic E-state index is -1.24. The summed E-state index contributed by atoms with van der Waals surface area (Å²) in [4.78, 5) is 56.6. The minimum Gasteiger partial charge on any atom is -0.468 e. The Balaban J connectivity index is 1.33. The summed E-state index contributed by atoms with van der Waals surface area (Å²) < 4.78 is 17.8. The van der Waals surface area contributed by atoms with Crippen LogP contribution >= 0.6 is 0 Å². The highest BCUT2D eigenvalue weighted by atomic mass is 16.5. The van der Waals surface area contributed by atoms with E-state index >= 15 is 0 Å². The zero-order chi connectivity index (χ0) is 32.5. The zero-order valence-electron chi connectivity index (χ0n) is 27.3. The summed E-state index contributed by atoms with van der Waals surface area (Å²) in [7, 11) is 1.36. The fraction of sp³-hybridized carbons (Fsp3) is 0.611. The molecule has 3 aliphatic heterocycles. The first-order valence-corrected chi connectivity index (χ1v) is 16.9. The van der Waals surface area contributed by atoms with Gasteiger partial charge in [0.1, 0.15) is 11.5 Å². The van der Waals surface area contributed by atoms with Gasteiger partial charge in [-0.3, -0.25) is 19.2 Å². The van der Waals surface area contributed by atoms with Gasteiger partial charge in [-0.05, 0) is 69.9 Å². The standard InChI is InChI=1S/C36H49N3O7/c1-26-36(35(43)44-2)23-29(21-32(40)37-17-10-19-38-18-9-15-33(38)41)34(42)39(20-16-27-11-5-3-6-12-27)31(36)22-30(46-26)25-45-24-28-13-7-4-8-14-28/h4,7-8,11,13-14,22,26,29-30H,3,5-6,9-10,12,15-21,23-25H2,1-2H3,(H,37,40)/t26-,29+,30-,36+/m1/s1. The molecule has 3 amide bonds. The first-order chi connectivity index (χ1) is 22.3. The van der Waals surface area contributed by atoms with Gasteiger partial charge in [-0.15, -0.1) is 0 Å². The zero-order valence-corrected chi connectivity index (χ0v) is 27.3. The molecule has 1 aliphatic carbocycles. The van der Waals surface area contributed by atoms with Gasteiger partial charge in [0.05, 0.1) is 26.4 Å². The molecule has 1 N–H and O–H groups in total. The quantitative estimate of drug-likeness (QED) is 0.184. The number of piperidine rings is 1. The maximum absolute atomic E-state index is 14.2. The van der Waals surface area contributed by atoms with Crippen molar-refractivity contribution in [2.45, 2.75) is 89.9 Å². The summed E-state index contributed by atoms with van der Waals surface area (Å²) in [6.45, 7) is 4.74. The second-order valence-electron chi connectivity index (χ2n) is 13.0. The van der Waals surface area contributed by atoms with Crippen molar-refractivity contribution in [1.29, 1.82) is 0 Å². The van der Waals surface area contributed by atoms with Gasteiger partial charge < -0.3 is 29.3 Å². The van der Waals surface area contributed by atoms with Crippen LogP contribution in [0.25, 0.3) is 0 Å². The molecule has 46 heavy (non-hydrogen) atoms. The number of methoxy groups -OCH3 is 1. The van der Waals surface area contributed by atoms with Crippen LogP contribution in [0.2, 0.25) is 0 Å². The molecule has 2 fully saturated rings. The van der Waals surface area contributed by atoms with Crippen molar-refractivity contribution in [2.75, 3.05) is 39.9 Å². The predicted octanol–water partition coefficient (Wildman–Crippen LogP) is 4.29. The number of nitrogens with zero attached hydrogens (tertiary/aromatic N) is 2. The van der Waals surface area contributed by atoms with E-state index in [4.69, 9.17) is 14.2 Å². The van der Waals surface area contributed by atoms with Crippen LogP contribution in [0.4, 0.5) is 0 Å². The number of amides is 3. The second kappa shape index (κ2) is 15.9. The maximum Gasteiger partial charge on any atom is 0.320 e. The minimum absolute atomic E-state index is 0.0387. The van der Waals surface area contributed by atoms with E-state index in [1.54, 1.807) is 4.90 Å². The largest absolute Gasteiger partial charge is 0.468 e. The Morgan fingerprint density at radius 2 is 1.91 bits per heavy atom. The van der Waals surface area contributed by atoms with Crippen molar-refractivity contribution in [2.24, 2.45) is 11.3 Å². The average Bonchev–Trinajstić information content (AvgIpc) is 3.48. The average molecular weight is 636 g/mol. The van der Waals surface area contributed by atoms with Crippen molar-refractivity contribution in [1.82, 2.24) is 15.1 Å². The molecule has 0 aromatic heterocycles. The van der Waals surface area contributed by atoms with Crippen LogP contribution in [0.1, 0.15) is 76.7 Å². The third-order valence-electron chi connectivity index (χ3n) is 9.86. The van der Waals surface area contributed by atoms with E-state index in [0.717, 1.165) is 37.8 Å². The van der Waals surface area contributed by atoms with Crippen molar-refractivity contribution in [3.63, 3.8) is 0 Å². The number of hydrogen-bond acceptors (Lipinski definition) is 7. The highest BCUT2D eigenvalue weighted by Gasteiger charge is 2.59. The molecular weight excluding hydrogens is 586 g/mol. The van der Waals surface area contributed by atoms with Crippen LogP contribution in [0, 0.1) is 11.3 Å². The van der Waals surface area contributed by atoms with E-state index in [9.17, 15) is 19.2 Å². The highest BCUT2D eigenvalue weighted by Crippen LogP contribution is 2.50. The topological polar surface area (TPSA) is 114 Å². The molecule has 250 valence electrons. The Bertz CT molecular complexity index is 1310. The number of benzene rings is 1. The molecule has 4 aliphatic rings. The van der Waals surface area contributed by atoms with Crippen LogP contribution in [0.3, 0.4) is 0 Å². The molecule has 3 heterocycles. The van der Waals surface area contributed by atoms with E-state index in [-0.39, 0.29) is 37.2 Å². The Hall–Kier alpha value is -3.50. The predicted molar refractivity (Wildman–Crippen MR) is 172 cm³/mol. The monoisotopic (exact) mass is 635 g/mol. The fourth-order valence-corrected chi connectivity index (χ4v) is 7.37. The molecule has 0 bridgehead atoms. The lowest BCUT2D eigenvalue weighted by atomic mass is 9.66. The van der Waals surface area contributed by atoms with Gasteiger partial charge in [-0.2, -0.15) is 0 Å². The molecule has 1 aromatic carbocycles. The number of esters is 1. The number of carbonyl (C=O) groups is 4. The smallest absolute Gasteiger partial charge is 0.320 e. The van der Waals surface area contributed by atoms with E-state index in [2.05, 4.69) is 11.4 Å². The second-order valence-corrected chi connectivity index (χ2v) is 13.0. The summed E-state index contributed by atoms with van der Waals surface area (Å²) in [6, 6.07) is 9.88. The summed E-state index contributed by atoms with van der Waals surface area (Å²) in [5.41, 5.74) is 1.73. The molecule has 0 saturated carbocycles. The number of allylic oxidation sites excluding steroid dienone is 1. The summed E-state index contributed by atoms with van der Waals surface area (Å²) in [5.74, 6) is -1.42. The van der Waals surface area contributed by atoms with Gasteiger partial charge in [0.25, 0.3) is 0 Å². The Morgan fingerprint density at radius 1 is 1.09 bits per heavy atom. The number of rotatable bonds is 14. The van der Waals surface area contributed by atoms with Gasteiger partial charge in [0, 0.05) is 50.6 Å². The Labute approximate surface area is 272 Å². The maximum atomic E-state index is 14.2. The molecular formula is C36H49N3O7. The molecule has 10 nitrogen and oxygen atoms in total. The number of fused-ring (bicyclic) bond motifs is 1. The Kier molecular flexibility index (Phi) is 11.7. The fourth-order valence-electron chi connectivity index (χ4n) is 7.37. The van der Waals surface area contributed by atoms with E-state index < -0.39 is 29.5 Å². The lowest BCUT2D eigenvalue weighted by Crippen LogP contribution is -2.60. The summed E-state index contributed by atoms with van der Waals surface area (Å²) in [6.07, 6.45) is 10.3. The first-order valence-electron chi connectivity index (χ1n) is 16.9. The lowest BCUT2D eigenvalue weighted by molar-refractivity contribution is -0.178. The van der Waals surface area contributed by atoms with Crippen LogP contribution < -0.4 is 5.32 Å². The molecule has 0 radical (unpaired) electrons. The first kappa shape index (κ1) is 33.9. The van der Waals surface area contributed by atoms with Crippen molar-refractivity contribution in [3.8, 4) is 0 Å². The van der Waals surface area contributed by atoms with Crippen molar-refractivity contribution >= 4 is 23.7 Å². The molecule has 1 aromatic rings. The lowest BCUT2D eigenvalue weighted by Gasteiger charge is -2.51. The van der Waals surface area contributed by atoms with E-state index in [1.807, 2.05) is 48.2 Å².